The zero-order valence-corrected chi connectivity index (χ0v) is 25.8. The number of unbranched alkanes of at least 4 members (excludes halogenated alkanes) is 4. The van der Waals surface area contributed by atoms with Gasteiger partial charge in [-0.2, -0.15) is 5.26 Å². The number of hydrogen-bond acceptors (Lipinski definition) is 6. The Bertz CT molecular complexity index is 1200. The molecule has 0 unspecified atom stereocenters. The molecule has 0 atom stereocenters. The molecule has 1 saturated heterocycles. The molecule has 2 aromatic rings. The van der Waals surface area contributed by atoms with Gasteiger partial charge in [-0.1, -0.05) is 58.6 Å². The van der Waals surface area contributed by atoms with Crippen LogP contribution in [0.4, 0.5) is 5.69 Å². The van der Waals surface area contributed by atoms with E-state index < -0.39 is 0 Å². The molecule has 0 bridgehead atoms. The van der Waals surface area contributed by atoms with Crippen molar-refractivity contribution in [3.63, 3.8) is 0 Å². The molecule has 2 aliphatic rings. The van der Waals surface area contributed by atoms with Crippen LogP contribution in [-0.2, 0) is 0 Å². The quantitative estimate of drug-likeness (QED) is 0.306. The summed E-state index contributed by atoms with van der Waals surface area (Å²) in [6.07, 6.45) is 6.09. The Labute approximate surface area is 251 Å². The molecule has 222 valence electrons. The van der Waals surface area contributed by atoms with Crippen molar-refractivity contribution < 1.29 is 9.53 Å². The molecule has 3 N–H and O–H groups in total. The highest BCUT2D eigenvalue weighted by atomic mass is 35.5. The first-order chi connectivity index (χ1) is 19.6. The van der Waals surface area contributed by atoms with Crippen LogP contribution in [0.25, 0.3) is 0 Å². The van der Waals surface area contributed by atoms with Gasteiger partial charge in [0.1, 0.15) is 17.9 Å². The summed E-state index contributed by atoms with van der Waals surface area (Å²) >= 11 is 6.22. The highest BCUT2D eigenvalue weighted by molar-refractivity contribution is 6.31. The van der Waals surface area contributed by atoms with Gasteiger partial charge in [0.15, 0.2) is 0 Å². The van der Waals surface area contributed by atoms with Gasteiger partial charge < -0.3 is 20.7 Å². The van der Waals surface area contributed by atoms with Gasteiger partial charge in [-0.15, -0.1) is 0 Å². The van der Waals surface area contributed by atoms with Crippen LogP contribution in [0.5, 0.6) is 5.75 Å². The number of nitrogens with zero attached hydrogens (tertiary/aromatic N) is 3. The van der Waals surface area contributed by atoms with E-state index in [9.17, 15) is 4.79 Å². The predicted octanol–water partition coefficient (Wildman–Crippen LogP) is 5.85. The van der Waals surface area contributed by atoms with Gasteiger partial charge in [-0.05, 0) is 62.3 Å². The molecule has 1 saturated carbocycles. The molecular weight excluding hydrogens is 534 g/mol. The highest BCUT2D eigenvalue weighted by Gasteiger charge is 2.64. The summed E-state index contributed by atoms with van der Waals surface area (Å²) in [7, 11) is 0. The van der Waals surface area contributed by atoms with E-state index in [4.69, 9.17) is 27.3 Å². The van der Waals surface area contributed by atoms with E-state index in [0.717, 1.165) is 39.1 Å². The second kappa shape index (κ2) is 13.5. The zero-order valence-electron chi connectivity index (χ0n) is 25.1. The second-order valence-electron chi connectivity index (χ2n) is 12.7. The molecule has 8 heteroatoms. The van der Waals surface area contributed by atoms with Gasteiger partial charge in [0.2, 0.25) is 0 Å². The number of ether oxygens (including phenoxy) is 1. The largest absolute Gasteiger partial charge is 0.489 e. The number of carbonyl (C=O) groups is 1. The highest BCUT2D eigenvalue weighted by Crippen LogP contribution is 2.55. The van der Waals surface area contributed by atoms with Crippen LogP contribution in [0.2, 0.25) is 5.02 Å². The van der Waals surface area contributed by atoms with E-state index in [1.165, 1.54) is 37.9 Å². The first-order valence-corrected chi connectivity index (χ1v) is 15.4. The van der Waals surface area contributed by atoms with Gasteiger partial charge in [0.25, 0.3) is 5.91 Å². The molecule has 0 aromatic heterocycles. The standard InChI is InChI=1S/C33H46ClN5O2/c1-32(2)30(33(3,4)31(32)41-27-15-12-25(23-36)28(34)22-27)37-29(40)24-10-13-26(14-11-24)39-20-18-38(19-21-39)17-9-7-5-6-8-16-35/h10-15,22,30-31H,5-9,16-21,35H2,1-4H3,(H,37,40). The molecule has 4 rings (SSSR count). The lowest BCUT2D eigenvalue weighted by atomic mass is 9.49. The van der Waals surface area contributed by atoms with E-state index in [-0.39, 0.29) is 28.9 Å². The summed E-state index contributed by atoms with van der Waals surface area (Å²) in [4.78, 5) is 18.3. The van der Waals surface area contributed by atoms with Crippen molar-refractivity contribution in [3.8, 4) is 11.8 Å². The Morgan fingerprint density at radius 3 is 2.24 bits per heavy atom. The number of anilines is 1. The molecule has 0 spiro atoms. The van der Waals surface area contributed by atoms with Crippen LogP contribution < -0.4 is 20.7 Å². The Hall–Kier alpha value is -2.79. The van der Waals surface area contributed by atoms with Crippen LogP contribution in [0.1, 0.15) is 75.7 Å². The molecular formula is C33H46ClN5O2. The third-order valence-electron chi connectivity index (χ3n) is 8.98. The van der Waals surface area contributed by atoms with E-state index in [1.54, 1.807) is 18.2 Å². The fourth-order valence-corrected chi connectivity index (χ4v) is 7.09. The summed E-state index contributed by atoms with van der Waals surface area (Å²) in [6.45, 7) is 14.6. The minimum atomic E-state index is -0.302. The van der Waals surface area contributed by atoms with Gasteiger partial charge >= 0.3 is 0 Å². The Morgan fingerprint density at radius 2 is 1.63 bits per heavy atom. The van der Waals surface area contributed by atoms with Crippen LogP contribution >= 0.6 is 11.6 Å². The lowest BCUT2D eigenvalue weighted by Crippen LogP contribution is -2.74. The monoisotopic (exact) mass is 579 g/mol. The van der Waals surface area contributed by atoms with Crippen LogP contribution in [-0.4, -0.2) is 62.2 Å². The molecule has 2 aromatic carbocycles. The topological polar surface area (TPSA) is 94.6 Å². The van der Waals surface area contributed by atoms with Crippen molar-refractivity contribution in [2.24, 2.45) is 16.6 Å². The number of amides is 1. The summed E-state index contributed by atoms with van der Waals surface area (Å²) in [5.41, 5.74) is 7.23. The van der Waals surface area contributed by atoms with E-state index in [1.807, 2.05) is 12.1 Å². The average Bonchev–Trinajstić information content (AvgIpc) is 2.96. The molecule has 0 radical (unpaired) electrons. The number of benzene rings is 2. The van der Waals surface area contributed by atoms with Crippen molar-refractivity contribution in [1.29, 1.82) is 5.26 Å². The van der Waals surface area contributed by atoms with Gasteiger partial charge in [-0.3, -0.25) is 9.69 Å². The number of hydrogen-bond donors (Lipinski definition) is 2. The third kappa shape index (κ3) is 7.17. The van der Waals surface area contributed by atoms with Gasteiger partial charge in [-0.25, -0.2) is 0 Å². The lowest BCUT2D eigenvalue weighted by Gasteiger charge is -2.63. The zero-order chi connectivity index (χ0) is 29.6. The van der Waals surface area contributed by atoms with Crippen LogP contribution in [0, 0.1) is 22.2 Å². The second-order valence-corrected chi connectivity index (χ2v) is 13.1. The molecule has 1 aliphatic carbocycles. The molecule has 41 heavy (non-hydrogen) atoms. The van der Waals surface area contributed by atoms with Gasteiger partial charge in [0.05, 0.1) is 10.6 Å². The van der Waals surface area contributed by atoms with Crippen molar-refractivity contribution in [3.05, 3.63) is 58.6 Å². The van der Waals surface area contributed by atoms with E-state index in [2.05, 4.69) is 61.0 Å². The van der Waals surface area contributed by atoms with Crippen LogP contribution in [0.15, 0.2) is 42.5 Å². The van der Waals surface area contributed by atoms with E-state index in [0.29, 0.717) is 21.9 Å². The predicted molar refractivity (Wildman–Crippen MR) is 167 cm³/mol. The minimum Gasteiger partial charge on any atom is -0.489 e. The minimum absolute atomic E-state index is 0.0705. The first kappa shape index (κ1) is 31.2. The maximum absolute atomic E-state index is 13.3. The molecule has 2 fully saturated rings. The van der Waals surface area contributed by atoms with Crippen molar-refractivity contribution in [2.75, 3.05) is 44.2 Å². The van der Waals surface area contributed by atoms with Crippen LogP contribution in [0.3, 0.4) is 0 Å². The number of halogens is 1. The van der Waals surface area contributed by atoms with E-state index >= 15 is 0 Å². The third-order valence-corrected chi connectivity index (χ3v) is 9.29. The normalized spacial score (nSPS) is 21.5. The fraction of sp³-hybridized carbons (Fsp3) is 0.576. The number of rotatable bonds is 12. The Kier molecular flexibility index (Phi) is 10.2. The van der Waals surface area contributed by atoms with Gasteiger partial charge in [0, 0.05) is 60.4 Å². The fourth-order valence-electron chi connectivity index (χ4n) is 6.87. The summed E-state index contributed by atoms with van der Waals surface area (Å²) < 4.78 is 6.35. The number of carbonyl (C=O) groups excluding carboxylic acids is 1. The Morgan fingerprint density at radius 1 is 1.00 bits per heavy atom. The molecule has 7 nitrogen and oxygen atoms in total. The number of nitriles is 1. The maximum Gasteiger partial charge on any atom is 0.251 e. The summed E-state index contributed by atoms with van der Waals surface area (Å²) in [5, 5.41) is 12.8. The SMILES string of the molecule is CC1(C)C(NC(=O)c2ccc(N3CCN(CCCCCCCN)CC3)cc2)C(C)(C)C1Oc1ccc(C#N)c(Cl)c1. The van der Waals surface area contributed by atoms with Crippen molar-refractivity contribution in [2.45, 2.75) is 71.9 Å². The average molecular weight is 580 g/mol. The first-order valence-electron chi connectivity index (χ1n) is 15.0. The Balaban J connectivity index is 1.27. The van der Waals surface area contributed by atoms with Crippen molar-refractivity contribution >= 4 is 23.2 Å². The smallest absolute Gasteiger partial charge is 0.251 e. The molecule has 1 amide bonds. The number of nitrogens with two attached hydrogens (primary N) is 1. The summed E-state index contributed by atoms with van der Waals surface area (Å²) in [5.74, 6) is 0.554. The summed E-state index contributed by atoms with van der Waals surface area (Å²) in [6, 6.07) is 15.1. The maximum atomic E-state index is 13.3. The number of piperazine rings is 1. The number of nitrogens with one attached hydrogen (secondary N) is 1. The molecule has 1 aliphatic heterocycles. The molecule has 1 heterocycles. The lowest BCUT2D eigenvalue weighted by molar-refractivity contribution is -0.164. The van der Waals surface area contributed by atoms with Crippen molar-refractivity contribution in [1.82, 2.24) is 10.2 Å².